The Morgan fingerprint density at radius 3 is 2.54 bits per heavy atom. The van der Waals surface area contributed by atoms with Crippen molar-refractivity contribution in [2.24, 2.45) is 0 Å². The SMILES string of the molecule is CCOC(=O)CC(C#N)S(=O)(=O)O. The van der Waals surface area contributed by atoms with Crippen LogP contribution in [-0.2, 0) is 19.6 Å². The lowest BCUT2D eigenvalue weighted by Gasteiger charge is -2.04. The average Bonchev–Trinajstić information content (AvgIpc) is 1.98. The summed E-state index contributed by atoms with van der Waals surface area (Å²) in [7, 11) is -4.49. The Bertz CT molecular complexity index is 314. The van der Waals surface area contributed by atoms with Gasteiger partial charge in [0.2, 0.25) is 0 Å². The summed E-state index contributed by atoms with van der Waals surface area (Å²) in [5.41, 5.74) is 0. The Morgan fingerprint density at radius 1 is 1.69 bits per heavy atom. The van der Waals surface area contributed by atoms with E-state index in [-0.39, 0.29) is 6.61 Å². The molecule has 0 aromatic carbocycles. The molecule has 0 heterocycles. The predicted octanol–water partition coefficient (Wildman–Crippen LogP) is -0.280. The molecule has 0 fully saturated rings. The molecular weight excluding hydrogens is 198 g/mol. The third-order valence-corrected chi connectivity index (χ3v) is 2.15. The van der Waals surface area contributed by atoms with Crippen molar-refractivity contribution in [2.45, 2.75) is 18.6 Å². The van der Waals surface area contributed by atoms with E-state index in [2.05, 4.69) is 4.74 Å². The van der Waals surface area contributed by atoms with Crippen LogP contribution in [0.3, 0.4) is 0 Å². The molecule has 6 nitrogen and oxygen atoms in total. The van der Waals surface area contributed by atoms with Crippen molar-refractivity contribution in [1.82, 2.24) is 0 Å². The van der Waals surface area contributed by atoms with Crippen LogP contribution < -0.4 is 0 Å². The van der Waals surface area contributed by atoms with Gasteiger partial charge < -0.3 is 4.74 Å². The molecule has 0 aliphatic carbocycles. The Kier molecular flexibility index (Phi) is 4.37. The number of hydrogen-bond donors (Lipinski definition) is 1. The van der Waals surface area contributed by atoms with Gasteiger partial charge in [-0.05, 0) is 6.92 Å². The summed E-state index contributed by atoms with van der Waals surface area (Å²) in [5.74, 6) is -0.827. The lowest BCUT2D eigenvalue weighted by Crippen LogP contribution is -2.23. The van der Waals surface area contributed by atoms with E-state index in [1.807, 2.05) is 0 Å². The Labute approximate surface area is 75.9 Å². The number of hydrogen-bond acceptors (Lipinski definition) is 5. The maximum Gasteiger partial charge on any atom is 0.308 e. The van der Waals surface area contributed by atoms with Gasteiger partial charge in [-0.25, -0.2) is 0 Å². The smallest absolute Gasteiger partial charge is 0.308 e. The number of esters is 1. The van der Waals surface area contributed by atoms with Crippen LogP contribution in [0.2, 0.25) is 0 Å². The fourth-order valence-corrected chi connectivity index (χ4v) is 1.07. The zero-order valence-corrected chi connectivity index (χ0v) is 7.74. The molecule has 0 aliphatic heterocycles. The molecule has 0 spiro atoms. The molecule has 0 saturated heterocycles. The van der Waals surface area contributed by atoms with Crippen LogP contribution >= 0.6 is 0 Å². The van der Waals surface area contributed by atoms with E-state index in [1.54, 1.807) is 6.92 Å². The second-order valence-electron chi connectivity index (χ2n) is 2.14. The quantitative estimate of drug-likeness (QED) is 0.502. The highest BCUT2D eigenvalue weighted by atomic mass is 32.2. The van der Waals surface area contributed by atoms with E-state index < -0.39 is 27.8 Å². The molecule has 1 unspecified atom stereocenters. The Morgan fingerprint density at radius 2 is 2.23 bits per heavy atom. The van der Waals surface area contributed by atoms with E-state index in [9.17, 15) is 13.2 Å². The normalized spacial score (nSPS) is 13.0. The van der Waals surface area contributed by atoms with Crippen LogP contribution in [0.25, 0.3) is 0 Å². The zero-order chi connectivity index (χ0) is 10.5. The van der Waals surface area contributed by atoms with Gasteiger partial charge in [0, 0.05) is 0 Å². The van der Waals surface area contributed by atoms with Crippen molar-refractivity contribution in [3.8, 4) is 6.07 Å². The highest BCUT2D eigenvalue weighted by molar-refractivity contribution is 7.86. The lowest BCUT2D eigenvalue weighted by atomic mass is 10.3. The largest absolute Gasteiger partial charge is 0.466 e. The number of ether oxygens (including phenoxy) is 1. The summed E-state index contributed by atoms with van der Waals surface area (Å²) >= 11 is 0. The van der Waals surface area contributed by atoms with Crippen molar-refractivity contribution < 1.29 is 22.5 Å². The molecule has 1 atom stereocenters. The highest BCUT2D eigenvalue weighted by Crippen LogP contribution is 2.04. The molecule has 7 heteroatoms. The second-order valence-corrected chi connectivity index (χ2v) is 3.74. The molecule has 74 valence electrons. The summed E-state index contributed by atoms with van der Waals surface area (Å²) in [6.45, 7) is 1.65. The maximum absolute atomic E-state index is 10.7. The molecule has 0 aromatic heterocycles. The number of carbonyl (C=O) groups is 1. The number of carbonyl (C=O) groups excluding carboxylic acids is 1. The van der Waals surface area contributed by atoms with Gasteiger partial charge in [0.1, 0.15) is 0 Å². The first kappa shape index (κ1) is 11.9. The lowest BCUT2D eigenvalue weighted by molar-refractivity contribution is -0.142. The Hall–Kier alpha value is -1.13. The molecule has 0 amide bonds. The van der Waals surface area contributed by atoms with Crippen LogP contribution in [0, 0.1) is 11.3 Å². The van der Waals surface area contributed by atoms with Crippen LogP contribution in [0.1, 0.15) is 13.3 Å². The van der Waals surface area contributed by atoms with Gasteiger partial charge in [-0.15, -0.1) is 0 Å². The van der Waals surface area contributed by atoms with Crippen molar-refractivity contribution in [2.75, 3.05) is 6.61 Å². The zero-order valence-electron chi connectivity index (χ0n) is 6.93. The highest BCUT2D eigenvalue weighted by Gasteiger charge is 2.26. The van der Waals surface area contributed by atoms with Gasteiger partial charge in [0.05, 0.1) is 19.1 Å². The first-order valence-electron chi connectivity index (χ1n) is 3.43. The van der Waals surface area contributed by atoms with Gasteiger partial charge in [-0.3, -0.25) is 9.35 Å². The van der Waals surface area contributed by atoms with Crippen LogP contribution in [0.15, 0.2) is 0 Å². The van der Waals surface area contributed by atoms with Crippen molar-refractivity contribution in [3.63, 3.8) is 0 Å². The van der Waals surface area contributed by atoms with E-state index >= 15 is 0 Å². The van der Waals surface area contributed by atoms with E-state index in [0.29, 0.717) is 0 Å². The van der Waals surface area contributed by atoms with Gasteiger partial charge in [0.25, 0.3) is 10.1 Å². The van der Waals surface area contributed by atoms with Crippen LogP contribution in [-0.4, -0.2) is 30.8 Å². The molecule has 0 aromatic rings. The summed E-state index contributed by atoms with van der Waals surface area (Å²) in [6, 6.07) is 1.29. The van der Waals surface area contributed by atoms with Crippen LogP contribution in [0.4, 0.5) is 0 Å². The second kappa shape index (κ2) is 4.79. The molecular formula is C6H9NO5S. The number of nitriles is 1. The monoisotopic (exact) mass is 207 g/mol. The van der Waals surface area contributed by atoms with E-state index in [0.717, 1.165) is 0 Å². The molecule has 0 bridgehead atoms. The van der Waals surface area contributed by atoms with Crippen LogP contribution in [0.5, 0.6) is 0 Å². The maximum atomic E-state index is 10.7. The van der Waals surface area contributed by atoms with Crippen molar-refractivity contribution >= 4 is 16.1 Å². The van der Waals surface area contributed by atoms with E-state index in [1.165, 1.54) is 6.07 Å². The summed E-state index contributed by atoms with van der Waals surface area (Å²) in [4.78, 5) is 10.7. The van der Waals surface area contributed by atoms with Gasteiger partial charge in [-0.2, -0.15) is 13.7 Å². The fourth-order valence-electron chi connectivity index (χ4n) is 0.589. The minimum Gasteiger partial charge on any atom is -0.466 e. The first-order valence-corrected chi connectivity index (χ1v) is 4.93. The average molecular weight is 207 g/mol. The van der Waals surface area contributed by atoms with Gasteiger partial charge in [0.15, 0.2) is 5.25 Å². The molecule has 1 N–H and O–H groups in total. The first-order chi connectivity index (χ1) is 5.91. The molecule has 0 rings (SSSR count). The predicted molar refractivity (Wildman–Crippen MR) is 42.2 cm³/mol. The number of rotatable bonds is 4. The fraction of sp³-hybridized carbons (Fsp3) is 0.667. The van der Waals surface area contributed by atoms with E-state index in [4.69, 9.17) is 9.81 Å². The molecule has 13 heavy (non-hydrogen) atoms. The third-order valence-electron chi connectivity index (χ3n) is 1.16. The van der Waals surface area contributed by atoms with Crippen molar-refractivity contribution in [3.05, 3.63) is 0 Å². The molecule has 0 saturated carbocycles. The van der Waals surface area contributed by atoms with Gasteiger partial charge in [-0.1, -0.05) is 0 Å². The topological polar surface area (TPSA) is 104 Å². The summed E-state index contributed by atoms with van der Waals surface area (Å²) < 4.78 is 33.7. The molecule has 0 aliphatic rings. The van der Waals surface area contributed by atoms with Crippen molar-refractivity contribution in [1.29, 1.82) is 5.26 Å². The third kappa shape index (κ3) is 4.45. The standard InChI is InChI=1S/C6H9NO5S/c1-2-12-6(8)3-5(4-7)13(9,10)11/h5H,2-3H2,1H3,(H,9,10,11). The summed E-state index contributed by atoms with van der Waals surface area (Å²) in [6.07, 6.45) is -0.650. The summed E-state index contributed by atoms with van der Waals surface area (Å²) in [5, 5.41) is 6.54. The molecule has 0 radical (unpaired) electrons. The Balaban J connectivity index is 4.34. The number of nitrogens with zero attached hydrogens (tertiary/aromatic N) is 1. The minimum atomic E-state index is -4.49. The van der Waals surface area contributed by atoms with Gasteiger partial charge >= 0.3 is 5.97 Å². The minimum absolute atomic E-state index is 0.0997.